The first kappa shape index (κ1) is 32.7. The number of amides is 2. The van der Waals surface area contributed by atoms with E-state index in [0.29, 0.717) is 19.4 Å². The second-order valence-corrected chi connectivity index (χ2v) is 7.61. The second kappa shape index (κ2) is 21.1. The van der Waals surface area contributed by atoms with Gasteiger partial charge in [0.05, 0.1) is 32.1 Å². The van der Waals surface area contributed by atoms with Gasteiger partial charge in [-0.3, -0.25) is 9.59 Å². The van der Waals surface area contributed by atoms with Crippen LogP contribution in [0, 0.1) is 0 Å². The van der Waals surface area contributed by atoms with Crippen molar-refractivity contribution in [1.29, 1.82) is 0 Å². The molecule has 1 aromatic rings. The van der Waals surface area contributed by atoms with Crippen molar-refractivity contribution < 1.29 is 93.1 Å². The van der Waals surface area contributed by atoms with Gasteiger partial charge in [-0.15, -0.1) is 6.54 Å². The van der Waals surface area contributed by atoms with Gasteiger partial charge in [-0.25, -0.2) is 4.79 Å². The minimum absolute atomic E-state index is 0. The zero-order valence-electron chi connectivity index (χ0n) is 20.2. The van der Waals surface area contributed by atoms with Crippen LogP contribution in [0.5, 0.6) is 0 Å². The summed E-state index contributed by atoms with van der Waals surface area (Å²) < 4.78 is 10.2. The van der Waals surface area contributed by atoms with Crippen molar-refractivity contribution in [3.8, 4) is 0 Å². The minimum Gasteiger partial charge on any atom is -0.648 e. The van der Waals surface area contributed by atoms with Crippen molar-refractivity contribution >= 4 is 29.9 Å². The molecule has 0 aromatic heterocycles. The van der Waals surface area contributed by atoms with Gasteiger partial charge in [-0.1, -0.05) is 36.2 Å². The number of ether oxygens (including phenoxy) is 2. The fourth-order valence-corrected chi connectivity index (χ4v) is 2.81. The average Bonchev–Trinajstić information content (AvgIpc) is 2.77. The molecule has 1 aromatic carbocycles. The van der Waals surface area contributed by atoms with Crippen LogP contribution in [0.3, 0.4) is 0 Å². The molecular weight excluding hydrogens is 514 g/mol. The van der Waals surface area contributed by atoms with Gasteiger partial charge < -0.3 is 29.7 Å². The summed E-state index contributed by atoms with van der Waals surface area (Å²) in [6.07, 6.45) is 4.03. The zero-order valence-corrected chi connectivity index (χ0v) is 25.1. The summed E-state index contributed by atoms with van der Waals surface area (Å²) in [5.41, 5.74) is 1.64. The van der Waals surface area contributed by atoms with Gasteiger partial charge in [0.1, 0.15) is 17.9 Å². The smallest absolute Gasteiger partial charge is 0.648 e. The Kier molecular flexibility index (Phi) is 20.3. The third kappa shape index (κ3) is 18.1. The van der Waals surface area contributed by atoms with E-state index < -0.39 is 6.09 Å². The monoisotopic (exact) mass is 548 g/mol. The van der Waals surface area contributed by atoms with Crippen LogP contribution in [0.4, 0.5) is 4.79 Å². The van der Waals surface area contributed by atoms with E-state index in [2.05, 4.69) is 10.6 Å². The van der Waals surface area contributed by atoms with Crippen molar-refractivity contribution in [2.75, 3.05) is 26.4 Å². The Morgan fingerprint density at radius 3 is 2.38 bits per heavy atom. The van der Waals surface area contributed by atoms with Gasteiger partial charge >= 0.3 is 64.3 Å². The van der Waals surface area contributed by atoms with Gasteiger partial charge in [0.25, 0.3) is 0 Å². The predicted octanol–water partition coefficient (Wildman–Crippen LogP) is 0.320. The first-order valence-electron chi connectivity index (χ1n) is 11.1. The summed E-state index contributed by atoms with van der Waals surface area (Å²) in [4.78, 5) is 56.1. The van der Waals surface area contributed by atoms with E-state index >= 15 is 0 Å². The largest absolute Gasteiger partial charge is 1.00 e. The molecule has 0 aliphatic rings. The first-order chi connectivity index (χ1) is 15.9. The molecule has 0 radical (unpaired) electrons. The third-order valence-electron chi connectivity index (χ3n) is 4.47. The number of unbranched alkanes of at least 4 members (excludes halogenated alkanes) is 3. The number of alkyl carbamates (subject to hydrolysis) is 1. The van der Waals surface area contributed by atoms with E-state index in [1.165, 1.54) is 6.92 Å². The Hall–Kier alpha value is -1.26. The van der Waals surface area contributed by atoms with Crippen LogP contribution in [0.1, 0.15) is 58.0 Å². The van der Waals surface area contributed by atoms with E-state index in [9.17, 15) is 24.0 Å². The van der Waals surface area contributed by atoms with Gasteiger partial charge in [-0.2, -0.15) is 0 Å². The van der Waals surface area contributed by atoms with Crippen molar-refractivity contribution in [3.63, 3.8) is 0 Å². The van der Waals surface area contributed by atoms with Gasteiger partial charge in [0, 0.05) is 27.2 Å². The molecule has 0 heterocycles. The number of Topliss-reactive ketones (excluding diaryl/α,β-unsaturated/α-hetero) is 2. The van der Waals surface area contributed by atoms with Gasteiger partial charge in [-0.05, 0) is 25.3 Å². The van der Waals surface area contributed by atoms with Crippen molar-refractivity contribution in [3.05, 3.63) is 40.7 Å². The Balaban J connectivity index is 0. The number of ketones is 2. The molecule has 0 saturated carbocycles. The number of hydrogen-bond donors (Lipinski definition) is 1. The maximum atomic E-state index is 11.8. The number of carbonyl (C=O) groups is 5. The van der Waals surface area contributed by atoms with Crippen LogP contribution < -0.4 is 63.5 Å². The Morgan fingerprint density at radius 1 is 1.00 bits per heavy atom. The summed E-state index contributed by atoms with van der Waals surface area (Å²) in [5.74, 6) is -0.659. The molecule has 1 rings (SSSR count). The van der Waals surface area contributed by atoms with Crippen molar-refractivity contribution in [1.82, 2.24) is 5.32 Å². The summed E-state index contributed by atoms with van der Waals surface area (Å²) in [5, 5.41) is 6.57. The maximum absolute atomic E-state index is 11.8. The summed E-state index contributed by atoms with van der Waals surface area (Å²) >= 11 is 0. The van der Waals surface area contributed by atoms with Gasteiger partial charge in [0.2, 0.25) is 0 Å². The van der Waals surface area contributed by atoms with Gasteiger partial charge in [0.15, 0.2) is 0 Å². The fourth-order valence-electron chi connectivity index (χ4n) is 2.81. The Labute approximate surface area is 251 Å². The number of carbonyl (C=O) groups excluding carboxylic acids is 5. The Morgan fingerprint density at radius 2 is 1.71 bits per heavy atom. The summed E-state index contributed by atoms with van der Waals surface area (Å²) in [7, 11) is 0. The quantitative estimate of drug-likeness (QED) is 0.159. The third-order valence-corrected chi connectivity index (χ3v) is 4.47. The molecular formula is C24H35N2O7Rb. The summed E-state index contributed by atoms with van der Waals surface area (Å²) in [6.45, 7) is 2.41. The minimum atomic E-state index is -0.495. The van der Waals surface area contributed by atoms with E-state index in [-0.39, 0.29) is 116 Å². The molecule has 0 saturated heterocycles. The number of aldehydes is 1. The second-order valence-electron chi connectivity index (χ2n) is 7.61. The SMILES string of the molecule is CC(=O)CC(=O)Cc1ccc(C[N-]C(=O)COCCCOC(=O)NCCCCCC=O)cc1.[HH].[Rb+]. The molecule has 0 fully saturated rings. The number of nitrogens with zero attached hydrogens (tertiary/aromatic N) is 1. The number of hydrogen-bond acceptors (Lipinski definition) is 7. The topological polar surface area (TPSA) is 130 Å². The van der Waals surface area contributed by atoms with Crippen molar-refractivity contribution in [2.45, 2.75) is 58.4 Å². The molecule has 2 amide bonds. The van der Waals surface area contributed by atoms with E-state index in [4.69, 9.17) is 9.47 Å². The van der Waals surface area contributed by atoms with Crippen LogP contribution in [0.25, 0.3) is 5.32 Å². The van der Waals surface area contributed by atoms with E-state index in [1.54, 1.807) is 24.3 Å². The van der Waals surface area contributed by atoms with Crippen LogP contribution in [0.2, 0.25) is 0 Å². The molecule has 1 N–H and O–H groups in total. The molecule has 184 valence electrons. The molecule has 0 unspecified atom stereocenters. The molecule has 34 heavy (non-hydrogen) atoms. The molecule has 0 spiro atoms. The Bertz CT molecular complexity index is 776. The van der Waals surface area contributed by atoms with Crippen LogP contribution in [-0.2, 0) is 41.6 Å². The molecule has 9 nitrogen and oxygen atoms in total. The van der Waals surface area contributed by atoms with E-state index in [0.717, 1.165) is 36.7 Å². The zero-order chi connectivity index (χ0) is 24.3. The number of rotatable bonds is 18. The van der Waals surface area contributed by atoms with Crippen LogP contribution in [-0.4, -0.2) is 56.2 Å². The van der Waals surface area contributed by atoms with Crippen LogP contribution >= 0.6 is 0 Å². The number of nitrogens with one attached hydrogen (secondary N) is 1. The molecule has 0 aliphatic heterocycles. The standard InChI is InChI=1S/C24H34N2O7.Rb.H2/c1-19(28)15-22(29)16-20-7-9-21(10-8-20)17-26-23(30)18-32-13-6-14-33-24(31)25-11-4-2-3-5-12-27;;/h7-10,12H,2-6,11,13-18H2,1H3,(H2,25,26,30,31);;1H/q;+1;/p-1. The fraction of sp³-hybridized carbons (Fsp3) is 0.542. The molecule has 0 atom stereocenters. The van der Waals surface area contributed by atoms with Crippen LogP contribution in [0.15, 0.2) is 24.3 Å². The number of benzene rings is 1. The summed E-state index contributed by atoms with van der Waals surface area (Å²) in [6, 6.07) is 7.16. The normalized spacial score (nSPS) is 10.0. The van der Waals surface area contributed by atoms with Crippen molar-refractivity contribution in [2.24, 2.45) is 0 Å². The molecule has 0 bridgehead atoms. The average molecular weight is 549 g/mol. The van der Waals surface area contributed by atoms with E-state index in [1.807, 2.05) is 0 Å². The molecule has 10 heteroatoms. The molecule has 0 aliphatic carbocycles. The first-order valence-corrected chi connectivity index (χ1v) is 11.1. The predicted molar refractivity (Wildman–Crippen MR) is 124 cm³/mol. The maximum Gasteiger partial charge on any atom is 1.00 e.